The second-order valence-corrected chi connectivity index (χ2v) is 6.89. The molecule has 118 valence electrons. The lowest BCUT2D eigenvalue weighted by Gasteiger charge is -2.37. The van der Waals surface area contributed by atoms with Crippen molar-refractivity contribution in [3.05, 3.63) is 35.4 Å². The van der Waals surface area contributed by atoms with Gasteiger partial charge in [0.25, 0.3) is 0 Å². The second kappa shape index (κ2) is 5.86. The standard InChI is InChI=1S/C19H25NO2/c1-4-17(21)18-15(13-7-5-12(2)6-8-13)11-14-9-10-16(18)20(3)19(14)22/h5-8,14-16,18H,4,9-11H2,1-3H3. The Kier molecular flexibility index (Phi) is 4.07. The summed E-state index contributed by atoms with van der Waals surface area (Å²) in [6.45, 7) is 4.01. The Morgan fingerprint density at radius 3 is 2.55 bits per heavy atom. The van der Waals surface area contributed by atoms with Gasteiger partial charge in [-0.05, 0) is 37.7 Å². The van der Waals surface area contributed by atoms with Gasteiger partial charge < -0.3 is 4.90 Å². The van der Waals surface area contributed by atoms with Crippen LogP contribution in [0.15, 0.2) is 24.3 Å². The fourth-order valence-electron chi connectivity index (χ4n) is 4.33. The van der Waals surface area contributed by atoms with Crippen molar-refractivity contribution in [2.45, 2.75) is 51.5 Å². The monoisotopic (exact) mass is 299 g/mol. The van der Waals surface area contributed by atoms with Crippen molar-refractivity contribution in [3.63, 3.8) is 0 Å². The highest BCUT2D eigenvalue weighted by molar-refractivity contribution is 5.86. The van der Waals surface area contributed by atoms with Crippen LogP contribution in [-0.2, 0) is 9.59 Å². The molecule has 4 atom stereocenters. The molecule has 1 aliphatic carbocycles. The lowest BCUT2D eigenvalue weighted by molar-refractivity contribution is -0.140. The molecule has 0 aromatic heterocycles. The second-order valence-electron chi connectivity index (χ2n) is 6.89. The number of carbonyl (C=O) groups is 2. The van der Waals surface area contributed by atoms with Gasteiger partial charge in [0.2, 0.25) is 5.91 Å². The number of benzene rings is 1. The van der Waals surface area contributed by atoms with E-state index >= 15 is 0 Å². The van der Waals surface area contributed by atoms with Crippen molar-refractivity contribution in [1.29, 1.82) is 0 Å². The number of hydrogen-bond acceptors (Lipinski definition) is 2. The normalized spacial score (nSPS) is 31.2. The molecule has 2 aliphatic heterocycles. The Labute approximate surface area is 132 Å². The Bertz CT molecular complexity index is 578. The molecule has 1 aromatic carbocycles. The lowest BCUT2D eigenvalue weighted by Crippen LogP contribution is -2.48. The van der Waals surface area contributed by atoms with Crippen molar-refractivity contribution in [2.75, 3.05) is 7.05 Å². The van der Waals surface area contributed by atoms with Crippen LogP contribution >= 0.6 is 0 Å². The van der Waals surface area contributed by atoms with Crippen LogP contribution in [0.1, 0.15) is 49.7 Å². The van der Waals surface area contributed by atoms with Gasteiger partial charge in [-0.25, -0.2) is 0 Å². The van der Waals surface area contributed by atoms with Gasteiger partial charge in [0.1, 0.15) is 5.78 Å². The fraction of sp³-hybridized carbons (Fsp3) is 0.579. The first-order chi connectivity index (χ1) is 10.5. The van der Waals surface area contributed by atoms with Gasteiger partial charge in [0, 0.05) is 31.3 Å². The smallest absolute Gasteiger partial charge is 0.225 e. The molecule has 1 amide bonds. The molecule has 2 heterocycles. The van der Waals surface area contributed by atoms with Crippen LogP contribution in [0.4, 0.5) is 0 Å². The van der Waals surface area contributed by atoms with Crippen molar-refractivity contribution >= 4 is 11.7 Å². The summed E-state index contributed by atoms with van der Waals surface area (Å²) >= 11 is 0. The van der Waals surface area contributed by atoms with Crippen molar-refractivity contribution in [1.82, 2.24) is 4.90 Å². The average molecular weight is 299 g/mol. The van der Waals surface area contributed by atoms with E-state index in [1.54, 1.807) is 0 Å². The number of amides is 1. The highest BCUT2D eigenvalue weighted by atomic mass is 16.2. The molecule has 0 radical (unpaired) electrons. The molecule has 1 aromatic rings. The minimum absolute atomic E-state index is 0.0471. The summed E-state index contributed by atoms with van der Waals surface area (Å²) in [5, 5.41) is 0. The molecule has 4 rings (SSSR count). The third-order valence-electron chi connectivity index (χ3n) is 5.62. The number of aryl methyl sites for hydroxylation is 1. The van der Waals surface area contributed by atoms with E-state index < -0.39 is 0 Å². The maximum atomic E-state index is 12.7. The van der Waals surface area contributed by atoms with Crippen LogP contribution in [0.5, 0.6) is 0 Å². The maximum absolute atomic E-state index is 12.7. The van der Waals surface area contributed by atoms with Crippen LogP contribution in [0.2, 0.25) is 0 Å². The van der Waals surface area contributed by atoms with Gasteiger partial charge in [0.05, 0.1) is 0 Å². The SMILES string of the molecule is CCC(=O)C1C(c2ccc(C)cc2)CC2CCC1N(C)C2=O. The molecule has 22 heavy (non-hydrogen) atoms. The minimum atomic E-state index is -0.0471. The summed E-state index contributed by atoms with van der Waals surface area (Å²) in [5.41, 5.74) is 2.45. The number of carbonyl (C=O) groups excluding carboxylic acids is 2. The Morgan fingerprint density at radius 2 is 1.91 bits per heavy atom. The van der Waals surface area contributed by atoms with Crippen LogP contribution in [0, 0.1) is 18.8 Å². The van der Waals surface area contributed by atoms with E-state index in [1.807, 2.05) is 18.9 Å². The Hall–Kier alpha value is -1.64. The van der Waals surface area contributed by atoms with Crippen molar-refractivity contribution in [3.8, 4) is 0 Å². The number of ketones is 1. The highest BCUT2D eigenvalue weighted by Gasteiger charge is 2.48. The largest absolute Gasteiger partial charge is 0.342 e. The van der Waals surface area contributed by atoms with Gasteiger partial charge in [-0.3, -0.25) is 9.59 Å². The number of fused-ring (bicyclic) bond motifs is 4. The lowest BCUT2D eigenvalue weighted by atomic mass is 9.77. The maximum Gasteiger partial charge on any atom is 0.225 e. The fourth-order valence-corrected chi connectivity index (χ4v) is 4.33. The molecule has 2 saturated heterocycles. The summed E-state index contributed by atoms with van der Waals surface area (Å²) in [6.07, 6.45) is 3.27. The summed E-state index contributed by atoms with van der Waals surface area (Å²) in [6, 6.07) is 8.59. The van der Waals surface area contributed by atoms with Crippen LogP contribution in [0.25, 0.3) is 0 Å². The molecule has 3 heteroatoms. The summed E-state index contributed by atoms with van der Waals surface area (Å²) in [7, 11) is 1.88. The van der Waals surface area contributed by atoms with E-state index in [2.05, 4.69) is 31.2 Å². The third-order valence-corrected chi connectivity index (χ3v) is 5.62. The Morgan fingerprint density at radius 1 is 1.23 bits per heavy atom. The molecule has 2 bridgehead atoms. The number of piperidine rings is 1. The molecule has 0 spiro atoms. The number of nitrogens with zero attached hydrogens (tertiary/aromatic N) is 1. The number of rotatable bonds is 3. The predicted molar refractivity (Wildman–Crippen MR) is 86.6 cm³/mol. The van der Waals surface area contributed by atoms with Gasteiger partial charge in [-0.1, -0.05) is 36.8 Å². The molecule has 3 aliphatic rings. The summed E-state index contributed by atoms with van der Waals surface area (Å²) in [5.74, 6) is 0.758. The first-order valence-corrected chi connectivity index (χ1v) is 8.38. The van der Waals surface area contributed by atoms with Gasteiger partial charge in [0.15, 0.2) is 0 Å². The van der Waals surface area contributed by atoms with E-state index in [4.69, 9.17) is 0 Å². The van der Waals surface area contributed by atoms with Crippen LogP contribution in [0.3, 0.4) is 0 Å². The first-order valence-electron chi connectivity index (χ1n) is 8.38. The van der Waals surface area contributed by atoms with Gasteiger partial charge in [-0.15, -0.1) is 0 Å². The van der Waals surface area contributed by atoms with E-state index in [9.17, 15) is 9.59 Å². The Balaban J connectivity index is 2.04. The zero-order valence-electron chi connectivity index (χ0n) is 13.7. The molecular formula is C19H25NO2. The topological polar surface area (TPSA) is 37.4 Å². The van der Waals surface area contributed by atoms with Crippen molar-refractivity contribution in [2.24, 2.45) is 11.8 Å². The van der Waals surface area contributed by atoms with E-state index in [0.29, 0.717) is 12.2 Å². The third kappa shape index (κ3) is 2.47. The molecule has 3 nitrogen and oxygen atoms in total. The summed E-state index contributed by atoms with van der Waals surface area (Å²) in [4.78, 5) is 27.0. The molecule has 0 N–H and O–H groups in total. The molecular weight excluding hydrogens is 274 g/mol. The summed E-state index contributed by atoms with van der Waals surface area (Å²) < 4.78 is 0. The van der Waals surface area contributed by atoms with Crippen molar-refractivity contribution < 1.29 is 9.59 Å². The zero-order chi connectivity index (χ0) is 15.9. The zero-order valence-corrected chi connectivity index (χ0v) is 13.7. The predicted octanol–water partition coefficient (Wildman–Crippen LogP) is 3.31. The van der Waals surface area contributed by atoms with Crippen LogP contribution < -0.4 is 0 Å². The van der Waals surface area contributed by atoms with E-state index in [1.165, 1.54) is 11.1 Å². The number of Topliss-reactive ketones (excluding diaryl/α,β-unsaturated/α-hetero) is 1. The molecule has 4 unspecified atom stereocenters. The molecule has 3 fully saturated rings. The number of hydrogen-bond donors (Lipinski definition) is 0. The van der Waals surface area contributed by atoms with E-state index in [-0.39, 0.29) is 29.7 Å². The minimum Gasteiger partial charge on any atom is -0.342 e. The first kappa shape index (κ1) is 15.3. The quantitative estimate of drug-likeness (QED) is 0.858. The van der Waals surface area contributed by atoms with Gasteiger partial charge >= 0.3 is 0 Å². The van der Waals surface area contributed by atoms with Gasteiger partial charge in [-0.2, -0.15) is 0 Å². The molecule has 1 saturated carbocycles. The highest BCUT2D eigenvalue weighted by Crippen LogP contribution is 2.45. The van der Waals surface area contributed by atoms with Crippen LogP contribution in [-0.4, -0.2) is 29.7 Å². The van der Waals surface area contributed by atoms with E-state index in [0.717, 1.165) is 19.3 Å². The average Bonchev–Trinajstić information content (AvgIpc) is 2.77.